The molecular formula is C15H9N3O. The molecule has 4 nitrogen and oxygen atoms in total. The van der Waals surface area contributed by atoms with Gasteiger partial charge in [0.05, 0.1) is 16.4 Å². The second-order valence-electron chi connectivity index (χ2n) is 4.39. The Kier molecular flexibility index (Phi) is 1.94. The molecule has 0 saturated heterocycles. The van der Waals surface area contributed by atoms with Gasteiger partial charge < -0.3 is 4.57 Å². The fourth-order valence-electron chi connectivity index (χ4n) is 2.52. The van der Waals surface area contributed by atoms with E-state index in [1.165, 1.54) is 0 Å². The Bertz CT molecular complexity index is 990. The van der Waals surface area contributed by atoms with Gasteiger partial charge in [0, 0.05) is 11.6 Å². The van der Waals surface area contributed by atoms with Crippen molar-refractivity contribution in [1.29, 1.82) is 0 Å². The third kappa shape index (κ3) is 1.31. The maximum atomic E-state index is 12.0. The summed E-state index contributed by atoms with van der Waals surface area (Å²) >= 11 is 0. The molecule has 1 aromatic rings. The van der Waals surface area contributed by atoms with Crippen LogP contribution in [0.15, 0.2) is 59.5 Å². The first kappa shape index (κ1) is 10.2. The highest BCUT2D eigenvalue weighted by molar-refractivity contribution is 5.81. The fourth-order valence-corrected chi connectivity index (χ4v) is 2.52. The van der Waals surface area contributed by atoms with E-state index in [1.54, 1.807) is 0 Å². The molecule has 0 amide bonds. The van der Waals surface area contributed by atoms with Gasteiger partial charge in [-0.2, -0.15) is 0 Å². The van der Waals surface area contributed by atoms with Crippen LogP contribution in [0.3, 0.4) is 0 Å². The highest BCUT2D eigenvalue weighted by atomic mass is 16.1. The molecule has 0 aliphatic carbocycles. The summed E-state index contributed by atoms with van der Waals surface area (Å²) in [4.78, 5) is 12.0. The van der Waals surface area contributed by atoms with Gasteiger partial charge in [-0.3, -0.25) is 4.79 Å². The average molecular weight is 247 g/mol. The quantitative estimate of drug-likeness (QED) is 0.477. The SMILES string of the molecule is O=c1nnc2c3ccccc3n3cccccc-3c1=2. The summed E-state index contributed by atoms with van der Waals surface area (Å²) in [5, 5.41) is 9.93. The van der Waals surface area contributed by atoms with Crippen molar-refractivity contribution in [2.24, 2.45) is 0 Å². The van der Waals surface area contributed by atoms with Gasteiger partial charge >= 0.3 is 0 Å². The van der Waals surface area contributed by atoms with Crippen molar-refractivity contribution in [2.45, 2.75) is 0 Å². The largest absolute Gasteiger partial charge is 0.316 e. The highest BCUT2D eigenvalue weighted by Gasteiger charge is 2.12. The monoisotopic (exact) mass is 247 g/mol. The average Bonchev–Trinajstić information content (AvgIpc) is 2.68. The summed E-state index contributed by atoms with van der Waals surface area (Å²) in [6.07, 6.45) is 1.95. The van der Waals surface area contributed by atoms with E-state index >= 15 is 0 Å². The minimum absolute atomic E-state index is 0.274. The molecule has 0 saturated carbocycles. The number of hydrogen-bond donors (Lipinski definition) is 0. The lowest BCUT2D eigenvalue weighted by molar-refractivity contribution is 1.04. The molecule has 0 bridgehead atoms. The van der Waals surface area contributed by atoms with Crippen molar-refractivity contribution in [2.75, 3.05) is 0 Å². The molecule has 0 unspecified atom stereocenters. The molecule has 0 spiro atoms. The summed E-state index contributed by atoms with van der Waals surface area (Å²) in [5.41, 5.74) is 1.57. The van der Waals surface area contributed by atoms with Crippen molar-refractivity contribution in [3.63, 3.8) is 0 Å². The lowest BCUT2D eigenvalue weighted by Crippen LogP contribution is -2.07. The first-order valence-electron chi connectivity index (χ1n) is 6.01. The van der Waals surface area contributed by atoms with Crippen LogP contribution < -0.4 is 5.56 Å². The zero-order chi connectivity index (χ0) is 12.8. The second-order valence-corrected chi connectivity index (χ2v) is 4.39. The molecule has 4 rings (SSSR count). The maximum Gasteiger partial charge on any atom is 0.299 e. The summed E-state index contributed by atoms with van der Waals surface area (Å²) in [7, 11) is 0. The van der Waals surface area contributed by atoms with E-state index in [0.29, 0.717) is 10.6 Å². The molecule has 3 aliphatic heterocycles. The maximum absolute atomic E-state index is 12.0. The Morgan fingerprint density at radius 3 is 2.68 bits per heavy atom. The number of hydrogen-bond acceptors (Lipinski definition) is 3. The number of rotatable bonds is 0. The summed E-state index contributed by atoms with van der Waals surface area (Å²) < 4.78 is 2.00. The van der Waals surface area contributed by atoms with E-state index in [0.717, 1.165) is 16.6 Å². The van der Waals surface area contributed by atoms with Crippen LogP contribution >= 0.6 is 0 Å². The Morgan fingerprint density at radius 1 is 0.895 bits per heavy atom. The fraction of sp³-hybridized carbons (Fsp3) is 0. The van der Waals surface area contributed by atoms with Crippen molar-refractivity contribution in [1.82, 2.24) is 14.8 Å². The molecular weight excluding hydrogens is 238 g/mol. The second kappa shape index (κ2) is 3.62. The van der Waals surface area contributed by atoms with E-state index < -0.39 is 0 Å². The van der Waals surface area contributed by atoms with Crippen LogP contribution in [0.25, 0.3) is 16.6 Å². The van der Waals surface area contributed by atoms with E-state index in [1.807, 2.05) is 59.3 Å². The molecule has 19 heavy (non-hydrogen) atoms. The molecule has 0 N–H and O–H groups in total. The first-order chi connectivity index (χ1) is 9.36. The molecule has 90 valence electrons. The Balaban J connectivity index is 2.50. The molecule has 1 aromatic carbocycles. The zero-order valence-electron chi connectivity index (χ0n) is 9.95. The number of benzene rings is 1. The summed E-state index contributed by atoms with van der Waals surface area (Å²) in [6.45, 7) is 0. The van der Waals surface area contributed by atoms with Crippen molar-refractivity contribution < 1.29 is 0 Å². The molecule has 4 heteroatoms. The van der Waals surface area contributed by atoms with E-state index in [2.05, 4.69) is 10.2 Å². The Morgan fingerprint density at radius 2 is 1.74 bits per heavy atom. The standard InChI is InChI=1S/C15H9N3O/c19-15-13-12-8-2-1-5-9-18(12)11-7-4-3-6-10(11)14(13)16-17-15/h1-9H. The lowest BCUT2D eigenvalue weighted by atomic mass is 10.1. The van der Waals surface area contributed by atoms with Crippen LogP contribution in [0.4, 0.5) is 0 Å². The molecule has 0 aromatic heterocycles. The number of aromatic nitrogens is 3. The summed E-state index contributed by atoms with van der Waals surface area (Å²) in [6, 6.07) is 15.6. The van der Waals surface area contributed by atoms with Gasteiger partial charge in [-0.1, -0.05) is 30.3 Å². The van der Waals surface area contributed by atoms with Gasteiger partial charge in [-0.05, 0) is 18.2 Å². The third-order valence-electron chi connectivity index (χ3n) is 3.34. The normalized spacial score (nSPS) is 11.4. The number of fused-ring (bicyclic) bond motifs is 5. The van der Waals surface area contributed by atoms with E-state index in [4.69, 9.17) is 0 Å². The van der Waals surface area contributed by atoms with Crippen LogP contribution in [0.1, 0.15) is 0 Å². The minimum atomic E-state index is -0.274. The molecule has 3 heterocycles. The number of para-hydroxylation sites is 1. The Hall–Kier alpha value is -2.75. The van der Waals surface area contributed by atoms with Gasteiger partial charge in [0.1, 0.15) is 5.35 Å². The lowest BCUT2D eigenvalue weighted by Gasteiger charge is -2.10. The minimum Gasteiger partial charge on any atom is -0.316 e. The molecule has 0 atom stereocenters. The number of nitrogens with zero attached hydrogens (tertiary/aromatic N) is 3. The van der Waals surface area contributed by atoms with Crippen LogP contribution in [-0.4, -0.2) is 14.8 Å². The van der Waals surface area contributed by atoms with Gasteiger partial charge in [-0.25, -0.2) is 0 Å². The first-order valence-corrected chi connectivity index (χ1v) is 6.01. The van der Waals surface area contributed by atoms with Crippen molar-refractivity contribution in [3.8, 4) is 5.69 Å². The van der Waals surface area contributed by atoms with Crippen molar-refractivity contribution in [3.05, 3.63) is 75.6 Å². The van der Waals surface area contributed by atoms with Crippen LogP contribution in [-0.2, 0) is 0 Å². The van der Waals surface area contributed by atoms with Crippen molar-refractivity contribution >= 4 is 10.9 Å². The molecule has 3 aliphatic rings. The zero-order valence-corrected chi connectivity index (χ0v) is 9.95. The van der Waals surface area contributed by atoms with Gasteiger partial charge in [-0.15, -0.1) is 10.2 Å². The predicted molar refractivity (Wildman–Crippen MR) is 71.6 cm³/mol. The molecule has 0 radical (unpaired) electrons. The summed E-state index contributed by atoms with van der Waals surface area (Å²) in [5.74, 6) is 0. The Labute approximate surface area is 107 Å². The van der Waals surface area contributed by atoms with Crippen LogP contribution in [0.2, 0.25) is 0 Å². The van der Waals surface area contributed by atoms with Crippen LogP contribution in [0.5, 0.6) is 0 Å². The molecule has 0 fully saturated rings. The highest BCUT2D eigenvalue weighted by Crippen LogP contribution is 2.21. The topological polar surface area (TPSA) is 47.8 Å². The van der Waals surface area contributed by atoms with Gasteiger partial charge in [0.2, 0.25) is 0 Å². The van der Waals surface area contributed by atoms with E-state index in [-0.39, 0.29) is 5.56 Å². The van der Waals surface area contributed by atoms with E-state index in [9.17, 15) is 4.79 Å². The third-order valence-corrected chi connectivity index (χ3v) is 3.34. The van der Waals surface area contributed by atoms with Gasteiger partial charge in [0.25, 0.3) is 5.56 Å². The van der Waals surface area contributed by atoms with Crippen LogP contribution in [0, 0.1) is 10.6 Å². The van der Waals surface area contributed by atoms with Gasteiger partial charge in [0.15, 0.2) is 0 Å². The smallest absolute Gasteiger partial charge is 0.299 e. The predicted octanol–water partition coefficient (Wildman–Crippen LogP) is 1.94.